The van der Waals surface area contributed by atoms with Crippen LogP contribution in [0.1, 0.15) is 44.6 Å². The topological polar surface area (TPSA) is 83.0 Å². The summed E-state index contributed by atoms with van der Waals surface area (Å²) in [5.74, 6) is -1.56. The molecule has 25 heavy (non-hydrogen) atoms. The Morgan fingerprint density at radius 1 is 1.36 bits per heavy atom. The zero-order valence-corrected chi connectivity index (χ0v) is 14.1. The highest BCUT2D eigenvalue weighted by Crippen LogP contribution is 2.22. The van der Waals surface area contributed by atoms with E-state index in [0.29, 0.717) is 16.8 Å². The van der Waals surface area contributed by atoms with Gasteiger partial charge < -0.3 is 9.72 Å². The number of hydrogen-bond acceptors (Lipinski definition) is 4. The minimum atomic E-state index is -0.567. The van der Waals surface area contributed by atoms with E-state index < -0.39 is 17.6 Å². The lowest BCUT2D eigenvalue weighted by Crippen LogP contribution is -2.08. The van der Waals surface area contributed by atoms with Gasteiger partial charge in [0.1, 0.15) is 17.5 Å². The number of allylic oxidation sites excluding steroid dienone is 1. The van der Waals surface area contributed by atoms with Crippen LogP contribution in [0, 0.1) is 31.0 Å². The number of carbonyl (C=O) groups is 2. The number of benzene rings is 1. The number of aromatic nitrogens is 1. The predicted molar refractivity (Wildman–Crippen MR) is 90.5 cm³/mol. The Balaban J connectivity index is 2.44. The SMILES string of the molecule is CCOC(=O)c1c(C)[nH]c(C(=O)/C(C#N)=C/c2cccc(F)c2)c1C. The summed E-state index contributed by atoms with van der Waals surface area (Å²) < 4.78 is 18.3. The molecule has 0 bridgehead atoms. The maximum absolute atomic E-state index is 13.3. The molecule has 0 saturated carbocycles. The number of H-pyrrole nitrogens is 1. The van der Waals surface area contributed by atoms with Gasteiger partial charge in [0, 0.05) is 5.69 Å². The van der Waals surface area contributed by atoms with Crippen LogP contribution in [0.2, 0.25) is 0 Å². The Labute approximate surface area is 144 Å². The van der Waals surface area contributed by atoms with Crippen molar-refractivity contribution >= 4 is 17.8 Å². The number of esters is 1. The van der Waals surface area contributed by atoms with Crippen LogP contribution < -0.4 is 0 Å². The summed E-state index contributed by atoms with van der Waals surface area (Å²) >= 11 is 0. The van der Waals surface area contributed by atoms with Crippen molar-refractivity contribution in [2.24, 2.45) is 0 Å². The minimum Gasteiger partial charge on any atom is -0.462 e. The van der Waals surface area contributed by atoms with Crippen LogP contribution in [0.15, 0.2) is 29.8 Å². The molecule has 0 aliphatic rings. The number of rotatable bonds is 5. The lowest BCUT2D eigenvalue weighted by atomic mass is 10.0. The number of hydrogen-bond donors (Lipinski definition) is 1. The van der Waals surface area contributed by atoms with E-state index >= 15 is 0 Å². The fourth-order valence-corrected chi connectivity index (χ4v) is 2.53. The number of carbonyl (C=O) groups excluding carboxylic acids is 2. The molecule has 6 heteroatoms. The Morgan fingerprint density at radius 3 is 2.68 bits per heavy atom. The number of ether oxygens (including phenoxy) is 1. The standard InChI is InChI=1S/C19H17FN2O3/c1-4-25-19(24)16-11(2)17(22-12(16)3)18(23)14(10-21)8-13-6-5-7-15(20)9-13/h5-9,22H,4H2,1-3H3/b14-8+. The van der Waals surface area contributed by atoms with Gasteiger partial charge in [0.25, 0.3) is 0 Å². The molecule has 128 valence electrons. The summed E-state index contributed by atoms with van der Waals surface area (Å²) in [5, 5.41) is 9.31. The normalized spacial score (nSPS) is 11.1. The maximum Gasteiger partial charge on any atom is 0.340 e. The number of aryl methyl sites for hydroxylation is 1. The van der Waals surface area contributed by atoms with Crippen LogP contribution in [0.3, 0.4) is 0 Å². The first-order valence-corrected chi connectivity index (χ1v) is 7.67. The summed E-state index contributed by atoms with van der Waals surface area (Å²) in [7, 11) is 0. The molecule has 1 aromatic carbocycles. The monoisotopic (exact) mass is 340 g/mol. The number of aromatic amines is 1. The van der Waals surface area contributed by atoms with Crippen LogP contribution >= 0.6 is 0 Å². The first-order valence-electron chi connectivity index (χ1n) is 7.67. The van der Waals surface area contributed by atoms with Crippen molar-refractivity contribution in [1.82, 2.24) is 4.98 Å². The summed E-state index contributed by atoms with van der Waals surface area (Å²) in [6.07, 6.45) is 1.31. The number of Topliss-reactive ketones (excluding diaryl/α,β-unsaturated/α-hetero) is 1. The van der Waals surface area contributed by atoms with E-state index in [1.54, 1.807) is 26.8 Å². The van der Waals surface area contributed by atoms with Gasteiger partial charge in [0.15, 0.2) is 0 Å². The molecule has 0 atom stereocenters. The van der Waals surface area contributed by atoms with Crippen molar-refractivity contribution in [2.75, 3.05) is 6.61 Å². The van der Waals surface area contributed by atoms with Crippen molar-refractivity contribution in [3.8, 4) is 6.07 Å². The van der Waals surface area contributed by atoms with Gasteiger partial charge in [-0.15, -0.1) is 0 Å². The molecule has 2 aromatic rings. The molecule has 0 spiro atoms. The smallest absolute Gasteiger partial charge is 0.340 e. The fourth-order valence-electron chi connectivity index (χ4n) is 2.53. The summed E-state index contributed by atoms with van der Waals surface area (Å²) in [6, 6.07) is 7.41. The molecular weight excluding hydrogens is 323 g/mol. The van der Waals surface area contributed by atoms with Gasteiger partial charge in [-0.05, 0) is 50.1 Å². The van der Waals surface area contributed by atoms with Gasteiger partial charge in [0.05, 0.1) is 17.9 Å². The molecule has 1 aromatic heterocycles. The van der Waals surface area contributed by atoms with E-state index in [2.05, 4.69) is 4.98 Å². The molecule has 0 aliphatic heterocycles. The maximum atomic E-state index is 13.3. The minimum absolute atomic E-state index is 0.143. The first kappa shape index (κ1) is 18.1. The van der Waals surface area contributed by atoms with E-state index in [-0.39, 0.29) is 23.4 Å². The fraction of sp³-hybridized carbons (Fsp3) is 0.211. The molecule has 0 unspecified atom stereocenters. The predicted octanol–water partition coefficient (Wildman–Crippen LogP) is 3.74. The van der Waals surface area contributed by atoms with Gasteiger partial charge in [-0.25, -0.2) is 9.18 Å². The molecular formula is C19H17FN2O3. The number of nitriles is 1. The van der Waals surface area contributed by atoms with Crippen LogP contribution in [0.4, 0.5) is 4.39 Å². The number of nitrogens with zero attached hydrogens (tertiary/aromatic N) is 1. The largest absolute Gasteiger partial charge is 0.462 e. The highest BCUT2D eigenvalue weighted by Gasteiger charge is 2.24. The Kier molecular flexibility index (Phi) is 5.50. The second kappa shape index (κ2) is 7.58. The third-order valence-corrected chi connectivity index (χ3v) is 3.67. The van der Waals surface area contributed by atoms with Crippen molar-refractivity contribution < 1.29 is 18.7 Å². The van der Waals surface area contributed by atoms with Crippen LogP contribution in [0.5, 0.6) is 0 Å². The first-order chi connectivity index (χ1) is 11.9. The molecule has 1 heterocycles. The van der Waals surface area contributed by atoms with E-state index in [9.17, 15) is 19.2 Å². The van der Waals surface area contributed by atoms with Crippen molar-refractivity contribution in [3.63, 3.8) is 0 Å². The van der Waals surface area contributed by atoms with Gasteiger partial charge in [0.2, 0.25) is 5.78 Å². The average molecular weight is 340 g/mol. The molecule has 2 rings (SSSR count). The van der Waals surface area contributed by atoms with E-state index in [0.717, 1.165) is 0 Å². The zero-order valence-electron chi connectivity index (χ0n) is 14.1. The second-order valence-corrected chi connectivity index (χ2v) is 5.40. The van der Waals surface area contributed by atoms with Crippen molar-refractivity contribution in [2.45, 2.75) is 20.8 Å². The van der Waals surface area contributed by atoms with Crippen LogP contribution in [-0.4, -0.2) is 23.3 Å². The molecule has 0 amide bonds. The Hall–Kier alpha value is -3.20. The van der Waals surface area contributed by atoms with E-state index in [4.69, 9.17) is 4.74 Å². The highest BCUT2D eigenvalue weighted by molar-refractivity contribution is 6.15. The third kappa shape index (κ3) is 3.83. The van der Waals surface area contributed by atoms with E-state index in [1.165, 1.54) is 24.3 Å². The molecule has 1 N–H and O–H groups in total. The van der Waals surface area contributed by atoms with Gasteiger partial charge in [-0.3, -0.25) is 4.79 Å². The summed E-state index contributed by atoms with van der Waals surface area (Å²) in [4.78, 5) is 27.5. The van der Waals surface area contributed by atoms with Gasteiger partial charge in [-0.2, -0.15) is 5.26 Å². The molecule has 5 nitrogen and oxygen atoms in total. The summed E-state index contributed by atoms with van der Waals surface area (Å²) in [6.45, 7) is 5.17. The van der Waals surface area contributed by atoms with E-state index in [1.807, 2.05) is 6.07 Å². The summed E-state index contributed by atoms with van der Waals surface area (Å²) in [5.41, 5.74) is 1.57. The van der Waals surface area contributed by atoms with Gasteiger partial charge >= 0.3 is 5.97 Å². The number of halogens is 1. The number of nitrogens with one attached hydrogen (secondary N) is 1. The molecule has 0 aliphatic carbocycles. The van der Waals surface area contributed by atoms with Crippen molar-refractivity contribution in [3.05, 3.63) is 63.7 Å². The molecule has 0 radical (unpaired) electrons. The Morgan fingerprint density at radius 2 is 2.08 bits per heavy atom. The van der Waals surface area contributed by atoms with Crippen LogP contribution in [0.25, 0.3) is 6.08 Å². The quantitative estimate of drug-likeness (QED) is 0.389. The molecule has 0 fully saturated rings. The second-order valence-electron chi connectivity index (χ2n) is 5.40. The number of ketones is 1. The lowest BCUT2D eigenvalue weighted by molar-refractivity contribution is 0.0525. The van der Waals surface area contributed by atoms with Crippen LogP contribution in [-0.2, 0) is 4.74 Å². The lowest BCUT2D eigenvalue weighted by Gasteiger charge is -2.02. The average Bonchev–Trinajstić information content (AvgIpc) is 2.87. The highest BCUT2D eigenvalue weighted by atomic mass is 19.1. The third-order valence-electron chi connectivity index (χ3n) is 3.67. The molecule has 0 saturated heterocycles. The van der Waals surface area contributed by atoms with Crippen molar-refractivity contribution in [1.29, 1.82) is 5.26 Å². The Bertz CT molecular complexity index is 904. The zero-order chi connectivity index (χ0) is 18.6. The van der Waals surface area contributed by atoms with Gasteiger partial charge in [-0.1, -0.05) is 12.1 Å².